The smallest absolute Gasteiger partial charge is 0.278 e. The van der Waals surface area contributed by atoms with Gasteiger partial charge in [0.2, 0.25) is 11.5 Å². The number of carboxylic acids is 1. The Kier molecular flexibility index (Phi) is 6.96. The topological polar surface area (TPSA) is 206 Å². The molecule has 5 heterocycles. The Hall–Kier alpha value is -4.09. The average Bonchev–Trinajstić information content (AvgIpc) is 3.48. The highest BCUT2D eigenvalue weighted by molar-refractivity contribution is 8.00. The van der Waals surface area contributed by atoms with Crippen molar-refractivity contribution >= 4 is 78.6 Å². The molecule has 5 N–H and O–H groups in total. The van der Waals surface area contributed by atoms with Crippen molar-refractivity contribution in [3.05, 3.63) is 47.7 Å². The van der Waals surface area contributed by atoms with Gasteiger partial charge in [-0.05, 0) is 11.6 Å². The highest BCUT2D eigenvalue weighted by Gasteiger charge is 2.53. The molecule has 17 heteroatoms. The predicted molar refractivity (Wildman–Crippen MR) is 138 cm³/mol. The standard InChI is InChI=1S/C21H19N9O5S3/c1-35-27-12(15-26-21(23)38-28-15)16(31)25-13-17(32)30-14(19(33)34)9(8-36-18(13)30)3-2-5-29-6-4-11-10(7-29)24-20(22)37-11/h2-4,6-7,13,18H,5,8H2,1H3,(H5-,22,23,24,25,26,28,31,33,34)/t13?,18-/m1/s1. The van der Waals surface area contributed by atoms with E-state index in [9.17, 15) is 19.5 Å². The van der Waals surface area contributed by atoms with E-state index in [2.05, 4.69) is 24.8 Å². The molecule has 0 saturated carbocycles. The molecule has 2 amide bonds. The average molecular weight is 574 g/mol. The van der Waals surface area contributed by atoms with Crippen LogP contribution < -0.4 is 26.5 Å². The molecule has 0 radical (unpaired) electrons. The second-order valence-corrected chi connectivity index (χ2v) is 10.9. The van der Waals surface area contributed by atoms with Crippen molar-refractivity contribution in [1.82, 2.24) is 24.6 Å². The Balaban J connectivity index is 1.30. The van der Waals surface area contributed by atoms with Crippen LogP contribution in [0, 0.1) is 0 Å². The highest BCUT2D eigenvalue weighted by Crippen LogP contribution is 2.40. The molecule has 0 spiro atoms. The lowest BCUT2D eigenvalue weighted by Gasteiger charge is -2.50. The van der Waals surface area contributed by atoms with E-state index in [0.29, 0.717) is 17.2 Å². The minimum absolute atomic E-state index is 0.0511. The number of anilines is 2. The Morgan fingerprint density at radius 1 is 1.37 bits per heavy atom. The molecule has 5 rings (SSSR count). The summed E-state index contributed by atoms with van der Waals surface area (Å²) in [5, 5.41) is 18.2. The fraction of sp³-hybridized carbons (Fsp3) is 0.238. The number of nitrogens with one attached hydrogen (secondary N) is 1. The predicted octanol–water partition coefficient (Wildman–Crippen LogP) is -1.39. The number of carbonyl (C=O) groups excluding carboxylic acids is 3. The number of carbonyl (C=O) groups is 3. The van der Waals surface area contributed by atoms with Gasteiger partial charge in [-0.15, -0.1) is 11.8 Å². The number of thioether (sulfide) groups is 1. The number of hydrogen-bond donors (Lipinski definition) is 3. The van der Waals surface area contributed by atoms with Gasteiger partial charge in [0.15, 0.2) is 29.2 Å². The van der Waals surface area contributed by atoms with Gasteiger partial charge in [-0.3, -0.25) is 14.5 Å². The van der Waals surface area contributed by atoms with Gasteiger partial charge in [0.1, 0.15) is 24.0 Å². The number of allylic oxidation sites excluding steroid dienone is 2. The number of hydrogen-bond acceptors (Lipinski definition) is 14. The zero-order chi connectivity index (χ0) is 27.0. The lowest BCUT2D eigenvalue weighted by molar-refractivity contribution is -0.685. The zero-order valence-corrected chi connectivity index (χ0v) is 22.0. The number of aromatic nitrogens is 4. The van der Waals surface area contributed by atoms with Crippen LogP contribution in [0.25, 0.3) is 10.2 Å². The number of pyridine rings is 1. The highest BCUT2D eigenvalue weighted by atomic mass is 32.2. The van der Waals surface area contributed by atoms with E-state index < -0.39 is 29.2 Å². The van der Waals surface area contributed by atoms with E-state index in [1.54, 1.807) is 12.2 Å². The van der Waals surface area contributed by atoms with Crippen molar-refractivity contribution < 1.29 is 28.9 Å². The van der Waals surface area contributed by atoms with Gasteiger partial charge >= 0.3 is 0 Å². The van der Waals surface area contributed by atoms with Crippen LogP contribution in [0.2, 0.25) is 0 Å². The molecule has 0 aromatic carbocycles. The fourth-order valence-electron chi connectivity index (χ4n) is 3.94. The molecule has 196 valence electrons. The molecule has 1 saturated heterocycles. The molecule has 3 aromatic heterocycles. The molecule has 0 bridgehead atoms. The molecule has 2 aliphatic heterocycles. The third kappa shape index (κ3) is 4.77. The zero-order valence-electron chi connectivity index (χ0n) is 19.6. The minimum atomic E-state index is -1.48. The van der Waals surface area contributed by atoms with Crippen LogP contribution in [0.15, 0.2) is 47.0 Å². The number of thiazole rings is 1. The van der Waals surface area contributed by atoms with Crippen molar-refractivity contribution in [2.24, 2.45) is 5.16 Å². The van der Waals surface area contributed by atoms with Crippen molar-refractivity contribution in [3.63, 3.8) is 0 Å². The Morgan fingerprint density at radius 2 is 2.18 bits per heavy atom. The summed E-state index contributed by atoms with van der Waals surface area (Å²) in [6.07, 6.45) is 7.15. The summed E-state index contributed by atoms with van der Waals surface area (Å²) in [5.41, 5.74) is 12.0. The van der Waals surface area contributed by atoms with Crippen molar-refractivity contribution in [2.45, 2.75) is 18.0 Å². The Labute approximate surface area is 226 Å². The molecule has 2 aliphatic rings. The van der Waals surface area contributed by atoms with Crippen LogP contribution in [0.5, 0.6) is 0 Å². The van der Waals surface area contributed by atoms with Gasteiger partial charge in [0.05, 0.1) is 16.4 Å². The summed E-state index contributed by atoms with van der Waals surface area (Å²) in [5.74, 6) is -2.60. The van der Waals surface area contributed by atoms with Crippen molar-refractivity contribution in [2.75, 3.05) is 24.3 Å². The molecule has 1 unspecified atom stereocenters. The molecule has 2 atom stereocenters. The molecule has 14 nitrogen and oxygen atoms in total. The van der Waals surface area contributed by atoms with E-state index in [4.69, 9.17) is 16.3 Å². The number of aliphatic carboxylic acids is 1. The Bertz CT molecular complexity index is 1550. The van der Waals surface area contributed by atoms with E-state index in [1.807, 2.05) is 23.0 Å². The maximum Gasteiger partial charge on any atom is 0.278 e. The largest absolute Gasteiger partial charge is 0.543 e. The maximum atomic E-state index is 12.9. The quantitative estimate of drug-likeness (QED) is 0.124. The monoisotopic (exact) mass is 573 g/mol. The normalized spacial score (nSPS) is 19.6. The lowest BCUT2D eigenvalue weighted by Crippen LogP contribution is -2.71. The first-order valence-electron chi connectivity index (χ1n) is 10.9. The number of carboxylic acid groups (broad SMARTS) is 1. The summed E-state index contributed by atoms with van der Waals surface area (Å²) in [6, 6.07) is 0.915. The van der Waals surface area contributed by atoms with Gasteiger partial charge in [-0.25, -0.2) is 4.98 Å². The third-order valence-corrected chi connectivity index (χ3v) is 8.28. The van der Waals surface area contributed by atoms with Gasteiger partial charge in [-0.1, -0.05) is 22.6 Å². The third-order valence-electron chi connectivity index (χ3n) is 5.57. The first-order chi connectivity index (χ1) is 18.3. The number of β-lactam (4-membered cyclic amide) rings is 1. The molecule has 3 aromatic rings. The number of nitrogens with two attached hydrogens (primary N) is 2. The van der Waals surface area contributed by atoms with Crippen LogP contribution in [0.4, 0.5) is 10.3 Å². The first-order valence-corrected chi connectivity index (χ1v) is 13.5. The van der Waals surface area contributed by atoms with Crippen molar-refractivity contribution in [3.8, 4) is 0 Å². The molecular formula is C21H19N9O5S3. The SMILES string of the molecule is CON=C(C(=O)NC1C(=O)N2C(C(=O)[O-])=C(C=CC[n+]3ccc4sc(N)nc4c3)CS[C@H]12)c1nsc(N)n1. The minimum Gasteiger partial charge on any atom is -0.543 e. The van der Waals surface area contributed by atoms with Crippen LogP contribution in [0.1, 0.15) is 5.82 Å². The summed E-state index contributed by atoms with van der Waals surface area (Å²) in [4.78, 5) is 51.8. The van der Waals surface area contributed by atoms with E-state index >= 15 is 0 Å². The van der Waals surface area contributed by atoms with E-state index in [-0.39, 0.29) is 28.1 Å². The molecule has 0 aliphatic carbocycles. The van der Waals surface area contributed by atoms with Crippen molar-refractivity contribution in [1.29, 1.82) is 0 Å². The lowest BCUT2D eigenvalue weighted by atomic mass is 10.0. The van der Waals surface area contributed by atoms with E-state index in [0.717, 1.165) is 26.6 Å². The summed E-state index contributed by atoms with van der Waals surface area (Å²) >= 11 is 3.57. The fourth-order valence-corrected chi connectivity index (χ4v) is 6.40. The van der Waals surface area contributed by atoms with Gasteiger partial charge in [0.25, 0.3) is 11.8 Å². The van der Waals surface area contributed by atoms with Gasteiger partial charge in [-0.2, -0.15) is 13.9 Å². The number of oxime groups is 1. The second kappa shape index (κ2) is 10.3. The second-order valence-electron chi connectivity index (χ2n) is 7.95. The molecular weight excluding hydrogens is 554 g/mol. The number of nitrogens with zero attached hydrogens (tertiary/aromatic N) is 6. The molecule has 38 heavy (non-hydrogen) atoms. The Morgan fingerprint density at radius 3 is 2.89 bits per heavy atom. The van der Waals surface area contributed by atoms with Crippen LogP contribution in [-0.2, 0) is 25.8 Å². The number of amides is 2. The number of nitrogen functional groups attached to an aromatic ring is 2. The van der Waals surface area contributed by atoms with Gasteiger partial charge in [0, 0.05) is 23.4 Å². The van der Waals surface area contributed by atoms with E-state index in [1.165, 1.54) is 30.2 Å². The summed E-state index contributed by atoms with van der Waals surface area (Å²) < 4.78 is 6.78. The van der Waals surface area contributed by atoms with Gasteiger partial charge < -0.3 is 31.5 Å². The summed E-state index contributed by atoms with van der Waals surface area (Å²) in [7, 11) is 1.24. The van der Waals surface area contributed by atoms with Crippen LogP contribution >= 0.6 is 34.6 Å². The first kappa shape index (κ1) is 25.6. The van der Waals surface area contributed by atoms with Crippen LogP contribution in [0.3, 0.4) is 0 Å². The maximum absolute atomic E-state index is 12.9. The van der Waals surface area contributed by atoms with Crippen LogP contribution in [-0.4, -0.2) is 67.0 Å². The summed E-state index contributed by atoms with van der Waals surface area (Å²) in [6.45, 7) is 0.439. The number of fused-ring (bicyclic) bond motifs is 2. The number of rotatable bonds is 8. The molecule has 1 fully saturated rings.